The lowest BCUT2D eigenvalue weighted by Gasteiger charge is -2.27. The number of aromatic nitrogens is 2. The first-order valence-corrected chi connectivity index (χ1v) is 7.41. The van der Waals surface area contributed by atoms with Crippen molar-refractivity contribution in [2.24, 2.45) is 0 Å². The Hall–Kier alpha value is -1.85. The van der Waals surface area contributed by atoms with Crippen molar-refractivity contribution in [2.45, 2.75) is 19.9 Å². The van der Waals surface area contributed by atoms with E-state index in [1.54, 1.807) is 17.0 Å². The van der Waals surface area contributed by atoms with Crippen molar-refractivity contribution in [1.82, 2.24) is 9.97 Å². The van der Waals surface area contributed by atoms with E-state index in [9.17, 15) is 4.79 Å². The molecule has 116 valence electrons. The Morgan fingerprint density at radius 2 is 1.86 bits per heavy atom. The van der Waals surface area contributed by atoms with Gasteiger partial charge < -0.3 is 9.64 Å². The van der Waals surface area contributed by atoms with Crippen molar-refractivity contribution in [2.75, 3.05) is 11.5 Å². The Morgan fingerprint density at radius 3 is 2.45 bits per heavy atom. The molecular weight excluding hydrogens is 325 g/mol. The predicted octanol–water partition coefficient (Wildman–Crippen LogP) is 3.60. The third kappa shape index (κ3) is 4.08. The molecule has 22 heavy (non-hydrogen) atoms. The van der Waals surface area contributed by atoms with Crippen LogP contribution in [-0.4, -0.2) is 28.5 Å². The van der Waals surface area contributed by atoms with Gasteiger partial charge in [0.25, 0.3) is 5.91 Å². The molecule has 5 nitrogen and oxygen atoms in total. The number of amides is 1. The highest BCUT2D eigenvalue weighted by Gasteiger charge is 2.21. The van der Waals surface area contributed by atoms with Crippen molar-refractivity contribution in [1.29, 1.82) is 0 Å². The summed E-state index contributed by atoms with van der Waals surface area (Å²) < 4.78 is 5.30. The van der Waals surface area contributed by atoms with Gasteiger partial charge in [0, 0.05) is 6.04 Å². The Bertz CT molecular complexity index is 647. The van der Waals surface area contributed by atoms with Gasteiger partial charge in [0.1, 0.15) is 0 Å². The summed E-state index contributed by atoms with van der Waals surface area (Å²) >= 11 is 11.9. The van der Waals surface area contributed by atoms with Gasteiger partial charge in [-0.15, -0.1) is 0 Å². The van der Waals surface area contributed by atoms with Gasteiger partial charge in [0.15, 0.2) is 6.61 Å². The number of carbonyl (C=O) groups excluding carboxylic acids is 1. The van der Waals surface area contributed by atoms with Gasteiger partial charge in [-0.3, -0.25) is 4.79 Å². The fourth-order valence-corrected chi connectivity index (χ4v) is 2.24. The molecule has 0 saturated heterocycles. The number of anilines is 1. The van der Waals surface area contributed by atoms with Crippen LogP contribution in [-0.2, 0) is 4.79 Å². The Kier molecular flexibility index (Phi) is 5.57. The van der Waals surface area contributed by atoms with Crippen molar-refractivity contribution in [3.8, 4) is 6.01 Å². The summed E-state index contributed by atoms with van der Waals surface area (Å²) in [6.45, 7) is 3.62. The molecule has 0 saturated carbocycles. The number of ether oxygens (including phenoxy) is 1. The third-order valence-electron chi connectivity index (χ3n) is 2.82. The van der Waals surface area contributed by atoms with E-state index in [0.29, 0.717) is 15.7 Å². The fourth-order valence-electron chi connectivity index (χ4n) is 1.92. The maximum Gasteiger partial charge on any atom is 0.316 e. The lowest BCUT2D eigenvalue weighted by molar-refractivity contribution is -0.121. The predicted molar refractivity (Wildman–Crippen MR) is 86.6 cm³/mol. The average Bonchev–Trinajstić information content (AvgIpc) is 2.48. The molecule has 0 atom stereocenters. The van der Waals surface area contributed by atoms with Crippen LogP contribution in [0.1, 0.15) is 13.8 Å². The Morgan fingerprint density at radius 1 is 1.23 bits per heavy atom. The standard InChI is InChI=1S/C15H15Cl2N3O2/c1-10(2)20(13-6-4-3-5-12(13)17)14(21)9-22-15-18-7-11(16)8-19-15/h3-8,10H,9H2,1-2H3. The number of rotatable bonds is 5. The number of carbonyl (C=O) groups is 1. The van der Waals surface area contributed by atoms with Gasteiger partial charge in [-0.1, -0.05) is 35.3 Å². The zero-order valence-electron chi connectivity index (χ0n) is 12.2. The minimum Gasteiger partial charge on any atom is -0.453 e. The molecule has 0 radical (unpaired) electrons. The summed E-state index contributed by atoms with van der Waals surface area (Å²) in [5.41, 5.74) is 0.643. The van der Waals surface area contributed by atoms with Gasteiger partial charge in [-0.25, -0.2) is 9.97 Å². The molecule has 2 aromatic rings. The SMILES string of the molecule is CC(C)N(C(=O)COc1ncc(Cl)cn1)c1ccccc1Cl. The van der Waals surface area contributed by atoms with Crippen LogP contribution >= 0.6 is 23.2 Å². The maximum absolute atomic E-state index is 12.4. The normalized spacial score (nSPS) is 10.6. The van der Waals surface area contributed by atoms with Crippen LogP contribution in [0.3, 0.4) is 0 Å². The van der Waals surface area contributed by atoms with E-state index in [2.05, 4.69) is 9.97 Å². The molecule has 0 bridgehead atoms. The lowest BCUT2D eigenvalue weighted by Crippen LogP contribution is -2.40. The average molecular weight is 340 g/mol. The fraction of sp³-hybridized carbons (Fsp3) is 0.267. The lowest BCUT2D eigenvalue weighted by atomic mass is 10.2. The maximum atomic E-state index is 12.4. The second-order valence-electron chi connectivity index (χ2n) is 4.78. The Balaban J connectivity index is 2.11. The second-order valence-corrected chi connectivity index (χ2v) is 5.63. The van der Waals surface area contributed by atoms with Crippen molar-refractivity contribution in [3.05, 3.63) is 46.7 Å². The highest BCUT2D eigenvalue weighted by atomic mass is 35.5. The first kappa shape index (κ1) is 16.5. The summed E-state index contributed by atoms with van der Waals surface area (Å²) in [4.78, 5) is 21.8. The highest BCUT2D eigenvalue weighted by molar-refractivity contribution is 6.33. The van der Waals surface area contributed by atoms with E-state index in [1.165, 1.54) is 12.4 Å². The minimum atomic E-state index is -0.235. The van der Waals surface area contributed by atoms with E-state index in [1.807, 2.05) is 26.0 Å². The summed E-state index contributed by atoms with van der Waals surface area (Å²) in [6, 6.07) is 7.20. The molecule has 0 unspecified atom stereocenters. The van der Waals surface area contributed by atoms with E-state index in [0.717, 1.165) is 0 Å². The molecule has 0 fully saturated rings. The van der Waals surface area contributed by atoms with E-state index in [4.69, 9.17) is 27.9 Å². The molecule has 7 heteroatoms. The largest absolute Gasteiger partial charge is 0.453 e. The van der Waals surface area contributed by atoms with Crippen LogP contribution in [0.5, 0.6) is 6.01 Å². The summed E-state index contributed by atoms with van der Waals surface area (Å²) in [7, 11) is 0. The molecule has 0 N–H and O–H groups in total. The molecule has 2 rings (SSSR count). The summed E-state index contributed by atoms with van der Waals surface area (Å²) in [6.07, 6.45) is 2.81. The van der Waals surface area contributed by atoms with E-state index in [-0.39, 0.29) is 24.6 Å². The molecule has 1 amide bonds. The number of para-hydroxylation sites is 1. The van der Waals surface area contributed by atoms with Crippen LogP contribution in [0.15, 0.2) is 36.7 Å². The number of benzene rings is 1. The first-order valence-electron chi connectivity index (χ1n) is 6.66. The van der Waals surface area contributed by atoms with Gasteiger partial charge in [-0.2, -0.15) is 0 Å². The monoisotopic (exact) mass is 339 g/mol. The first-order chi connectivity index (χ1) is 10.5. The number of hydrogen-bond donors (Lipinski definition) is 0. The van der Waals surface area contributed by atoms with E-state index >= 15 is 0 Å². The van der Waals surface area contributed by atoms with Crippen LogP contribution in [0, 0.1) is 0 Å². The van der Waals surface area contributed by atoms with Gasteiger partial charge in [0.2, 0.25) is 0 Å². The second kappa shape index (κ2) is 7.42. The molecular formula is C15H15Cl2N3O2. The zero-order valence-corrected chi connectivity index (χ0v) is 13.7. The molecule has 1 heterocycles. The Labute approximate surface area is 138 Å². The highest BCUT2D eigenvalue weighted by Crippen LogP contribution is 2.27. The van der Waals surface area contributed by atoms with Crippen LogP contribution in [0.25, 0.3) is 0 Å². The number of nitrogens with zero attached hydrogens (tertiary/aromatic N) is 3. The van der Waals surface area contributed by atoms with Crippen molar-refractivity contribution >= 4 is 34.8 Å². The van der Waals surface area contributed by atoms with Crippen molar-refractivity contribution in [3.63, 3.8) is 0 Å². The number of hydrogen-bond acceptors (Lipinski definition) is 4. The molecule has 0 aliphatic heterocycles. The zero-order chi connectivity index (χ0) is 16.1. The molecule has 0 aliphatic rings. The smallest absolute Gasteiger partial charge is 0.316 e. The minimum absolute atomic E-state index is 0.0675. The molecule has 1 aromatic heterocycles. The van der Waals surface area contributed by atoms with E-state index < -0.39 is 0 Å². The molecule has 0 aliphatic carbocycles. The molecule has 0 spiro atoms. The summed E-state index contributed by atoms with van der Waals surface area (Å²) in [5, 5.41) is 0.908. The van der Waals surface area contributed by atoms with Gasteiger partial charge >= 0.3 is 6.01 Å². The topological polar surface area (TPSA) is 55.3 Å². The molecule has 1 aromatic carbocycles. The number of halogens is 2. The van der Waals surface area contributed by atoms with Crippen molar-refractivity contribution < 1.29 is 9.53 Å². The van der Waals surface area contributed by atoms with Crippen LogP contribution < -0.4 is 9.64 Å². The quantitative estimate of drug-likeness (QED) is 0.834. The van der Waals surface area contributed by atoms with Gasteiger partial charge in [0.05, 0.1) is 28.1 Å². The van der Waals surface area contributed by atoms with Crippen LogP contribution in [0.4, 0.5) is 5.69 Å². The van der Waals surface area contributed by atoms with Gasteiger partial charge in [-0.05, 0) is 26.0 Å². The summed E-state index contributed by atoms with van der Waals surface area (Å²) in [5.74, 6) is -0.235. The van der Waals surface area contributed by atoms with Crippen LogP contribution in [0.2, 0.25) is 10.0 Å². The third-order valence-corrected chi connectivity index (χ3v) is 3.33.